The minimum atomic E-state index is 0.364. The number of nitrogens with one attached hydrogen (secondary N) is 1. The van der Waals surface area contributed by atoms with Gasteiger partial charge >= 0.3 is 0 Å². The fourth-order valence-corrected chi connectivity index (χ4v) is 1.32. The van der Waals surface area contributed by atoms with Crippen molar-refractivity contribution in [1.82, 2.24) is 5.48 Å². The molecule has 0 saturated carbocycles. The summed E-state index contributed by atoms with van der Waals surface area (Å²) in [5, 5.41) is 9.21. The molecule has 0 aliphatic carbocycles. The van der Waals surface area contributed by atoms with Crippen molar-refractivity contribution in [3.8, 4) is 5.75 Å². The van der Waals surface area contributed by atoms with Gasteiger partial charge in [-0.05, 0) is 30.2 Å². The molecule has 1 aromatic rings. The van der Waals surface area contributed by atoms with E-state index in [4.69, 9.17) is 21.5 Å². The van der Waals surface area contributed by atoms with Gasteiger partial charge in [0.25, 0.3) is 0 Å². The Labute approximate surface area is 82.2 Å². The SMILES string of the molecule is COc1cc(Cl)c(C)c(CNO)c1. The van der Waals surface area contributed by atoms with E-state index < -0.39 is 0 Å². The minimum absolute atomic E-state index is 0.364. The lowest BCUT2D eigenvalue weighted by atomic mass is 10.1. The van der Waals surface area contributed by atoms with Gasteiger partial charge in [0.1, 0.15) is 5.75 Å². The monoisotopic (exact) mass is 201 g/mol. The van der Waals surface area contributed by atoms with Crippen molar-refractivity contribution in [3.63, 3.8) is 0 Å². The Morgan fingerprint density at radius 2 is 2.23 bits per heavy atom. The number of hydrogen-bond acceptors (Lipinski definition) is 3. The first-order valence-corrected chi connectivity index (χ1v) is 4.26. The summed E-state index contributed by atoms with van der Waals surface area (Å²) >= 11 is 5.94. The summed E-state index contributed by atoms with van der Waals surface area (Å²) in [6.07, 6.45) is 0. The molecule has 1 rings (SSSR count). The van der Waals surface area contributed by atoms with Gasteiger partial charge in [-0.3, -0.25) is 0 Å². The van der Waals surface area contributed by atoms with Gasteiger partial charge in [0.05, 0.1) is 7.11 Å². The van der Waals surface area contributed by atoms with Gasteiger partial charge in [-0.2, -0.15) is 0 Å². The van der Waals surface area contributed by atoms with Gasteiger partial charge in [-0.15, -0.1) is 0 Å². The molecule has 0 fully saturated rings. The van der Waals surface area contributed by atoms with Crippen molar-refractivity contribution in [2.75, 3.05) is 7.11 Å². The van der Waals surface area contributed by atoms with Crippen molar-refractivity contribution in [2.24, 2.45) is 0 Å². The maximum absolute atomic E-state index is 8.56. The molecule has 72 valence electrons. The molecule has 0 aliphatic rings. The fourth-order valence-electron chi connectivity index (χ4n) is 1.09. The van der Waals surface area contributed by atoms with E-state index in [1.54, 1.807) is 13.2 Å². The molecule has 0 amide bonds. The van der Waals surface area contributed by atoms with Crippen molar-refractivity contribution in [3.05, 3.63) is 28.3 Å². The second kappa shape index (κ2) is 4.46. The van der Waals surface area contributed by atoms with E-state index in [0.29, 0.717) is 17.3 Å². The van der Waals surface area contributed by atoms with Crippen LogP contribution in [-0.2, 0) is 6.54 Å². The standard InChI is InChI=1S/C9H12ClNO2/c1-6-7(5-11-12)3-8(13-2)4-9(6)10/h3-4,11-12H,5H2,1-2H3. The minimum Gasteiger partial charge on any atom is -0.497 e. The van der Waals surface area contributed by atoms with Gasteiger partial charge in [0.15, 0.2) is 0 Å². The second-order valence-corrected chi connectivity index (χ2v) is 3.14. The van der Waals surface area contributed by atoms with Crippen LogP contribution in [0.25, 0.3) is 0 Å². The first-order chi connectivity index (χ1) is 6.19. The number of hydrogen-bond donors (Lipinski definition) is 2. The molecule has 3 nitrogen and oxygen atoms in total. The van der Waals surface area contributed by atoms with E-state index in [0.717, 1.165) is 11.1 Å². The van der Waals surface area contributed by atoms with Crippen LogP contribution in [0.1, 0.15) is 11.1 Å². The number of ether oxygens (including phenoxy) is 1. The highest BCUT2D eigenvalue weighted by Crippen LogP contribution is 2.25. The van der Waals surface area contributed by atoms with Crippen LogP contribution in [0.2, 0.25) is 5.02 Å². The number of rotatable bonds is 3. The molecule has 13 heavy (non-hydrogen) atoms. The number of hydroxylamine groups is 1. The molecule has 0 aliphatic heterocycles. The quantitative estimate of drug-likeness (QED) is 0.737. The summed E-state index contributed by atoms with van der Waals surface area (Å²) in [7, 11) is 1.58. The lowest BCUT2D eigenvalue weighted by Crippen LogP contribution is -2.07. The van der Waals surface area contributed by atoms with Crippen LogP contribution < -0.4 is 10.2 Å². The molecule has 0 bridgehead atoms. The highest BCUT2D eigenvalue weighted by Gasteiger charge is 2.05. The lowest BCUT2D eigenvalue weighted by molar-refractivity contribution is 0.161. The van der Waals surface area contributed by atoms with E-state index >= 15 is 0 Å². The Morgan fingerprint density at radius 1 is 1.54 bits per heavy atom. The molecule has 0 aromatic heterocycles. The van der Waals surface area contributed by atoms with Crippen LogP contribution >= 0.6 is 11.6 Å². The zero-order chi connectivity index (χ0) is 9.84. The maximum atomic E-state index is 8.56. The number of methoxy groups -OCH3 is 1. The van der Waals surface area contributed by atoms with Crippen LogP contribution in [0.15, 0.2) is 12.1 Å². The Hall–Kier alpha value is -0.770. The molecule has 0 atom stereocenters. The third-order valence-electron chi connectivity index (χ3n) is 1.93. The topological polar surface area (TPSA) is 41.5 Å². The molecule has 4 heteroatoms. The van der Waals surface area contributed by atoms with E-state index in [9.17, 15) is 0 Å². The van der Waals surface area contributed by atoms with Crippen molar-refractivity contribution >= 4 is 11.6 Å². The Kier molecular flexibility index (Phi) is 3.54. The molecule has 0 unspecified atom stereocenters. The highest BCUT2D eigenvalue weighted by atomic mass is 35.5. The lowest BCUT2D eigenvalue weighted by Gasteiger charge is -2.09. The molecular formula is C9H12ClNO2. The van der Waals surface area contributed by atoms with Gasteiger partial charge in [-0.25, -0.2) is 5.48 Å². The van der Waals surface area contributed by atoms with E-state index in [1.165, 1.54) is 0 Å². The van der Waals surface area contributed by atoms with Crippen LogP contribution in [0.3, 0.4) is 0 Å². The first kappa shape index (κ1) is 10.3. The van der Waals surface area contributed by atoms with Gasteiger partial charge in [-0.1, -0.05) is 11.6 Å². The smallest absolute Gasteiger partial charge is 0.120 e. The van der Waals surface area contributed by atoms with E-state index in [-0.39, 0.29) is 0 Å². The third-order valence-corrected chi connectivity index (χ3v) is 2.32. The number of halogens is 1. The summed E-state index contributed by atoms with van der Waals surface area (Å²) < 4.78 is 5.04. The third kappa shape index (κ3) is 2.34. The Balaban J connectivity index is 3.09. The summed E-state index contributed by atoms with van der Waals surface area (Å²) in [5.41, 5.74) is 3.96. The summed E-state index contributed by atoms with van der Waals surface area (Å²) in [6, 6.07) is 3.59. The molecule has 0 saturated heterocycles. The van der Waals surface area contributed by atoms with Crippen molar-refractivity contribution < 1.29 is 9.94 Å². The van der Waals surface area contributed by atoms with E-state index in [1.807, 2.05) is 13.0 Å². The van der Waals surface area contributed by atoms with Gasteiger partial charge in [0, 0.05) is 11.6 Å². The normalized spacial score (nSPS) is 10.2. The average molecular weight is 202 g/mol. The largest absolute Gasteiger partial charge is 0.497 e. The zero-order valence-electron chi connectivity index (χ0n) is 7.60. The van der Waals surface area contributed by atoms with Crippen LogP contribution in [0, 0.1) is 6.92 Å². The first-order valence-electron chi connectivity index (χ1n) is 3.89. The fraction of sp³-hybridized carbons (Fsp3) is 0.333. The molecular weight excluding hydrogens is 190 g/mol. The van der Waals surface area contributed by atoms with Crippen LogP contribution in [-0.4, -0.2) is 12.3 Å². The maximum Gasteiger partial charge on any atom is 0.120 e. The predicted molar refractivity (Wildman–Crippen MR) is 51.4 cm³/mol. The van der Waals surface area contributed by atoms with Gasteiger partial charge < -0.3 is 9.94 Å². The molecule has 0 spiro atoms. The summed E-state index contributed by atoms with van der Waals surface area (Å²) in [4.78, 5) is 0. The van der Waals surface area contributed by atoms with Gasteiger partial charge in [0.2, 0.25) is 0 Å². The average Bonchev–Trinajstić information content (AvgIpc) is 2.13. The highest BCUT2D eigenvalue weighted by molar-refractivity contribution is 6.31. The number of benzene rings is 1. The second-order valence-electron chi connectivity index (χ2n) is 2.73. The zero-order valence-corrected chi connectivity index (χ0v) is 8.35. The van der Waals surface area contributed by atoms with Crippen molar-refractivity contribution in [2.45, 2.75) is 13.5 Å². The van der Waals surface area contributed by atoms with Crippen molar-refractivity contribution in [1.29, 1.82) is 0 Å². The van der Waals surface area contributed by atoms with Crippen LogP contribution in [0.5, 0.6) is 5.75 Å². The molecule has 2 N–H and O–H groups in total. The molecule has 0 heterocycles. The Morgan fingerprint density at radius 3 is 2.77 bits per heavy atom. The Bertz CT molecular complexity index is 302. The van der Waals surface area contributed by atoms with E-state index in [2.05, 4.69) is 5.48 Å². The summed E-state index contributed by atoms with van der Waals surface area (Å²) in [6.45, 7) is 2.26. The molecule has 0 radical (unpaired) electrons. The molecule has 1 aromatic carbocycles. The summed E-state index contributed by atoms with van der Waals surface area (Å²) in [5.74, 6) is 0.695. The predicted octanol–water partition coefficient (Wildman–Crippen LogP) is 2.14. The van der Waals surface area contributed by atoms with Crippen LogP contribution in [0.4, 0.5) is 0 Å².